The highest BCUT2D eigenvalue weighted by atomic mass is 31.2. The van der Waals surface area contributed by atoms with Crippen LogP contribution in [0.4, 0.5) is 5.69 Å². The van der Waals surface area contributed by atoms with E-state index in [4.69, 9.17) is 19.5 Å². The molecule has 0 aliphatic heterocycles. The van der Waals surface area contributed by atoms with Crippen molar-refractivity contribution in [1.82, 2.24) is 0 Å². The molecule has 118 valence electrons. The summed E-state index contributed by atoms with van der Waals surface area (Å²) in [6, 6.07) is 7.37. The lowest BCUT2D eigenvalue weighted by atomic mass is 10.1. The van der Waals surface area contributed by atoms with Gasteiger partial charge in [-0.1, -0.05) is 16.7 Å². The molecule has 0 aliphatic carbocycles. The van der Waals surface area contributed by atoms with Gasteiger partial charge >= 0.3 is 21.6 Å². The predicted molar refractivity (Wildman–Crippen MR) is 84.2 cm³/mol. The first-order valence-corrected chi connectivity index (χ1v) is 9.38. The molecule has 6 nitrogen and oxygen atoms in total. The molecule has 0 radical (unpaired) electrons. The number of hydrogen-bond acceptors (Lipinski definition) is 6. The molecule has 0 bridgehead atoms. The highest BCUT2D eigenvalue weighted by molar-refractivity contribution is 7.63. The van der Waals surface area contributed by atoms with E-state index in [-0.39, 0.29) is 19.8 Å². The van der Waals surface area contributed by atoms with E-state index in [9.17, 15) is 9.13 Å². The molecule has 0 fully saturated rings. The van der Waals surface area contributed by atoms with Crippen LogP contribution in [-0.4, -0.2) is 25.4 Å². The zero-order valence-corrected chi connectivity index (χ0v) is 14.2. The SMILES string of the molecule is CCOP(=O)(OCC)[C@H](OCCc1ccc(N)cc1)[PH+]=O. The Morgan fingerprint density at radius 2 is 1.76 bits per heavy atom. The smallest absolute Gasteiger partial charge is 0.399 e. The lowest BCUT2D eigenvalue weighted by Crippen LogP contribution is -2.13. The zero-order valence-electron chi connectivity index (χ0n) is 12.3. The first-order valence-electron chi connectivity index (χ1n) is 6.78. The number of anilines is 1. The first kappa shape index (κ1) is 18.3. The van der Waals surface area contributed by atoms with Gasteiger partial charge in [0.1, 0.15) is 0 Å². The molecule has 0 amide bonds. The summed E-state index contributed by atoms with van der Waals surface area (Å²) in [5.74, 6) is 0. The van der Waals surface area contributed by atoms with Crippen molar-refractivity contribution < 1.29 is 22.9 Å². The van der Waals surface area contributed by atoms with Crippen LogP contribution in [0.15, 0.2) is 24.3 Å². The molecule has 2 N–H and O–H groups in total. The van der Waals surface area contributed by atoms with Gasteiger partial charge in [0.05, 0.1) is 19.8 Å². The van der Waals surface area contributed by atoms with Crippen LogP contribution in [0.5, 0.6) is 0 Å². The summed E-state index contributed by atoms with van der Waals surface area (Å²) >= 11 is 0. The van der Waals surface area contributed by atoms with Crippen LogP contribution in [-0.2, 0) is 29.3 Å². The number of nitrogens with two attached hydrogens (primary N) is 1. The maximum absolute atomic E-state index is 12.5. The molecule has 8 heteroatoms. The highest BCUT2D eigenvalue weighted by Crippen LogP contribution is 2.57. The number of benzene rings is 1. The van der Waals surface area contributed by atoms with Gasteiger partial charge in [-0.25, -0.2) is 0 Å². The van der Waals surface area contributed by atoms with Crippen LogP contribution in [0.1, 0.15) is 19.4 Å². The van der Waals surface area contributed by atoms with Gasteiger partial charge in [-0.15, -0.1) is 0 Å². The van der Waals surface area contributed by atoms with Gasteiger partial charge in [0, 0.05) is 5.69 Å². The minimum atomic E-state index is -3.50. The minimum absolute atomic E-state index is 0.208. The van der Waals surface area contributed by atoms with Crippen molar-refractivity contribution in [2.75, 3.05) is 25.6 Å². The maximum Gasteiger partial charge on any atom is 0.409 e. The molecule has 21 heavy (non-hydrogen) atoms. The van der Waals surface area contributed by atoms with Gasteiger partial charge in [-0.2, -0.15) is 0 Å². The Balaban J connectivity index is 2.58. The van der Waals surface area contributed by atoms with E-state index in [1.54, 1.807) is 26.0 Å². The quantitative estimate of drug-likeness (QED) is 0.521. The highest BCUT2D eigenvalue weighted by Gasteiger charge is 2.43. The van der Waals surface area contributed by atoms with E-state index in [1.165, 1.54) is 0 Å². The van der Waals surface area contributed by atoms with Crippen molar-refractivity contribution in [3.05, 3.63) is 29.8 Å². The second kappa shape index (κ2) is 9.29. The van der Waals surface area contributed by atoms with E-state index in [0.29, 0.717) is 12.1 Å². The summed E-state index contributed by atoms with van der Waals surface area (Å²) in [4.78, 5) is 0. The van der Waals surface area contributed by atoms with Crippen LogP contribution >= 0.6 is 16.1 Å². The fourth-order valence-corrected chi connectivity index (χ4v) is 4.20. The second-order valence-corrected chi connectivity index (χ2v) is 7.52. The van der Waals surface area contributed by atoms with E-state index < -0.39 is 21.6 Å². The van der Waals surface area contributed by atoms with Crippen LogP contribution in [0, 0.1) is 0 Å². The summed E-state index contributed by atoms with van der Waals surface area (Å²) in [5.41, 5.74) is 6.28. The fraction of sp³-hybridized carbons (Fsp3) is 0.538. The van der Waals surface area contributed by atoms with E-state index >= 15 is 0 Å². The molecule has 0 aromatic heterocycles. The van der Waals surface area contributed by atoms with Crippen molar-refractivity contribution in [3.63, 3.8) is 0 Å². The first-order chi connectivity index (χ1) is 10.1. The Morgan fingerprint density at radius 1 is 1.19 bits per heavy atom. The van der Waals surface area contributed by atoms with Crippen LogP contribution in [0.3, 0.4) is 0 Å². The largest absolute Gasteiger partial charge is 0.409 e. The Bertz CT molecular complexity index is 470. The monoisotopic (exact) mass is 334 g/mol. The van der Waals surface area contributed by atoms with E-state index in [1.807, 2.05) is 12.1 Å². The van der Waals surface area contributed by atoms with Gasteiger partial charge in [-0.05, 0) is 38.0 Å². The van der Waals surface area contributed by atoms with Crippen molar-refractivity contribution in [2.45, 2.75) is 25.9 Å². The molecule has 0 saturated heterocycles. The van der Waals surface area contributed by atoms with Gasteiger partial charge in [0.2, 0.25) is 0 Å². The Kier molecular flexibility index (Phi) is 8.09. The van der Waals surface area contributed by atoms with Crippen molar-refractivity contribution in [1.29, 1.82) is 0 Å². The number of rotatable bonds is 10. The van der Waals surface area contributed by atoms with Crippen molar-refractivity contribution >= 4 is 21.7 Å². The van der Waals surface area contributed by atoms with Crippen molar-refractivity contribution in [3.8, 4) is 0 Å². The molecule has 1 rings (SSSR count). The number of nitrogen functional groups attached to an aromatic ring is 1. The van der Waals surface area contributed by atoms with Crippen LogP contribution in [0.25, 0.3) is 0 Å². The summed E-state index contributed by atoms with van der Waals surface area (Å²) in [5, 5.41) is 0. The molecule has 1 aromatic rings. The molecule has 0 spiro atoms. The lowest BCUT2D eigenvalue weighted by Gasteiger charge is -2.18. The number of hydrogen-bond donors (Lipinski definition) is 1. The fourth-order valence-electron chi connectivity index (χ4n) is 1.70. The van der Waals surface area contributed by atoms with Gasteiger partial charge in [-0.3, -0.25) is 4.57 Å². The Morgan fingerprint density at radius 3 is 2.24 bits per heavy atom. The van der Waals surface area contributed by atoms with Crippen molar-refractivity contribution in [2.24, 2.45) is 0 Å². The normalized spacial score (nSPS) is 13.4. The third-order valence-electron chi connectivity index (χ3n) is 2.65. The molecular weight excluding hydrogens is 312 g/mol. The standard InChI is InChI=1S/C13H21NO5P2/c1-3-18-21(16,19-4-2)13(20-15)17-10-9-11-5-7-12(14)8-6-11/h5-8,13H,3-4,9-10,14H2,1-2H3/p+1/t13-/m1/s1. The zero-order chi connectivity index (χ0) is 15.7. The topological polar surface area (TPSA) is 87.8 Å². The molecule has 2 atom stereocenters. The third kappa shape index (κ3) is 5.85. The molecule has 0 saturated carbocycles. The van der Waals surface area contributed by atoms with Gasteiger partial charge in [0.25, 0.3) is 0 Å². The summed E-state index contributed by atoms with van der Waals surface area (Å²) in [6.07, 6.45) is 0.597. The number of ether oxygens (including phenoxy) is 1. The average Bonchev–Trinajstić information content (AvgIpc) is 2.46. The minimum Gasteiger partial charge on any atom is -0.399 e. The van der Waals surface area contributed by atoms with Gasteiger partial charge < -0.3 is 19.5 Å². The second-order valence-electron chi connectivity index (χ2n) is 4.21. The Hall–Kier alpha value is -0.770. The summed E-state index contributed by atoms with van der Waals surface area (Å²) < 4.78 is 39.5. The lowest BCUT2D eigenvalue weighted by molar-refractivity contribution is 0.114. The van der Waals surface area contributed by atoms with Crippen LogP contribution in [0.2, 0.25) is 0 Å². The van der Waals surface area contributed by atoms with Gasteiger partial charge in [0.15, 0.2) is 0 Å². The van der Waals surface area contributed by atoms with E-state index in [0.717, 1.165) is 5.56 Å². The molecule has 0 aliphatic rings. The predicted octanol–water partition coefficient (Wildman–Crippen LogP) is 3.40. The summed E-state index contributed by atoms with van der Waals surface area (Å²) in [6.45, 7) is 4.09. The average molecular weight is 334 g/mol. The molecule has 1 aromatic carbocycles. The molecule has 1 unspecified atom stereocenters. The van der Waals surface area contributed by atoms with E-state index in [2.05, 4.69) is 0 Å². The Labute approximate surface area is 126 Å². The summed E-state index contributed by atoms with van der Waals surface area (Å²) in [7, 11) is -4.42. The van der Waals surface area contributed by atoms with Crippen LogP contribution < -0.4 is 5.73 Å². The third-order valence-corrected chi connectivity index (χ3v) is 6.25. The maximum atomic E-state index is 12.5. The molecular formula is C13H22NO5P2+. The molecule has 0 heterocycles.